The molecule has 118 valence electrons. The van der Waals surface area contributed by atoms with Gasteiger partial charge in [0.05, 0.1) is 12.5 Å². The molecule has 0 saturated heterocycles. The SMILES string of the molecule is O=C(C(=O)c1ccco1)c1ccc(C(=O)C(=O)c2ccco2)cc1. The summed E-state index contributed by atoms with van der Waals surface area (Å²) in [5.41, 5.74) is 0.191. The molecule has 6 heteroatoms. The van der Waals surface area contributed by atoms with E-state index in [9.17, 15) is 19.2 Å². The highest BCUT2D eigenvalue weighted by Crippen LogP contribution is 2.13. The summed E-state index contributed by atoms with van der Waals surface area (Å²) < 4.78 is 9.79. The molecule has 0 amide bonds. The molecule has 2 aromatic heterocycles. The van der Waals surface area contributed by atoms with E-state index in [-0.39, 0.29) is 22.6 Å². The van der Waals surface area contributed by atoms with Crippen LogP contribution in [0, 0.1) is 0 Å². The van der Waals surface area contributed by atoms with Crippen molar-refractivity contribution in [2.24, 2.45) is 0 Å². The van der Waals surface area contributed by atoms with Crippen molar-refractivity contribution in [3.8, 4) is 0 Å². The topological polar surface area (TPSA) is 94.6 Å². The number of Topliss-reactive ketones (excluding diaryl/α,β-unsaturated/α-hetero) is 4. The van der Waals surface area contributed by atoms with Crippen molar-refractivity contribution in [2.45, 2.75) is 0 Å². The third kappa shape index (κ3) is 2.85. The molecule has 0 N–H and O–H groups in total. The summed E-state index contributed by atoms with van der Waals surface area (Å²) in [6, 6.07) is 11.0. The molecule has 3 aromatic rings. The minimum atomic E-state index is -0.786. The van der Waals surface area contributed by atoms with E-state index in [1.165, 1.54) is 61.1 Å². The van der Waals surface area contributed by atoms with Gasteiger partial charge in [-0.2, -0.15) is 0 Å². The van der Waals surface area contributed by atoms with Crippen LogP contribution < -0.4 is 0 Å². The Morgan fingerprint density at radius 3 is 1.21 bits per heavy atom. The number of rotatable bonds is 6. The lowest BCUT2D eigenvalue weighted by atomic mass is 10.0. The van der Waals surface area contributed by atoms with Gasteiger partial charge in [-0.15, -0.1) is 0 Å². The van der Waals surface area contributed by atoms with Gasteiger partial charge in [-0.25, -0.2) is 0 Å². The number of ketones is 4. The molecule has 0 atom stereocenters. The molecular formula is C18H10O6. The van der Waals surface area contributed by atoms with Crippen LogP contribution in [0.5, 0.6) is 0 Å². The van der Waals surface area contributed by atoms with Crippen LogP contribution in [0.2, 0.25) is 0 Å². The summed E-state index contributed by atoms with van der Waals surface area (Å²) in [7, 11) is 0. The molecule has 0 aliphatic rings. The monoisotopic (exact) mass is 322 g/mol. The number of hydrogen-bond donors (Lipinski definition) is 0. The first-order valence-electron chi connectivity index (χ1n) is 6.93. The van der Waals surface area contributed by atoms with E-state index in [1.807, 2.05) is 0 Å². The van der Waals surface area contributed by atoms with Gasteiger partial charge >= 0.3 is 0 Å². The number of benzene rings is 1. The van der Waals surface area contributed by atoms with E-state index < -0.39 is 23.1 Å². The van der Waals surface area contributed by atoms with Gasteiger partial charge < -0.3 is 8.83 Å². The Labute approximate surface area is 135 Å². The van der Waals surface area contributed by atoms with Crippen LogP contribution in [0.4, 0.5) is 0 Å². The first kappa shape index (κ1) is 15.4. The second-order valence-electron chi connectivity index (χ2n) is 4.85. The van der Waals surface area contributed by atoms with Crippen LogP contribution in [0.3, 0.4) is 0 Å². The molecule has 0 aliphatic heterocycles. The zero-order valence-electron chi connectivity index (χ0n) is 12.2. The van der Waals surface area contributed by atoms with E-state index in [1.54, 1.807) is 0 Å². The van der Waals surface area contributed by atoms with E-state index in [0.29, 0.717) is 0 Å². The Balaban J connectivity index is 1.78. The molecule has 2 heterocycles. The molecular weight excluding hydrogens is 312 g/mol. The molecule has 0 spiro atoms. The number of carbonyl (C=O) groups is 4. The number of hydrogen-bond acceptors (Lipinski definition) is 6. The quantitative estimate of drug-likeness (QED) is 0.511. The van der Waals surface area contributed by atoms with Gasteiger partial charge in [-0.05, 0) is 24.3 Å². The smallest absolute Gasteiger partial charge is 0.268 e. The molecule has 24 heavy (non-hydrogen) atoms. The number of furan rings is 2. The Bertz CT molecular complexity index is 822. The van der Waals surface area contributed by atoms with Crippen molar-refractivity contribution in [3.05, 3.63) is 83.7 Å². The first-order chi connectivity index (χ1) is 11.6. The molecule has 0 radical (unpaired) electrons. The van der Waals surface area contributed by atoms with Gasteiger partial charge in [0.25, 0.3) is 11.6 Å². The largest absolute Gasteiger partial charge is 0.461 e. The van der Waals surface area contributed by atoms with Crippen LogP contribution in [0.25, 0.3) is 0 Å². The van der Waals surface area contributed by atoms with Crippen LogP contribution >= 0.6 is 0 Å². The molecule has 1 aromatic carbocycles. The molecule has 0 aliphatic carbocycles. The lowest BCUT2D eigenvalue weighted by Gasteiger charge is -2.01. The van der Waals surface area contributed by atoms with Crippen LogP contribution in [0.15, 0.2) is 69.9 Å². The Hall–Kier alpha value is -3.54. The lowest BCUT2D eigenvalue weighted by molar-refractivity contribution is 0.0798. The minimum absolute atomic E-state index is 0.0619. The van der Waals surface area contributed by atoms with Crippen molar-refractivity contribution in [3.63, 3.8) is 0 Å². The summed E-state index contributed by atoms with van der Waals surface area (Å²) in [5, 5.41) is 0. The molecule has 6 nitrogen and oxygen atoms in total. The summed E-state index contributed by atoms with van der Waals surface area (Å²) in [6.45, 7) is 0. The highest BCUT2D eigenvalue weighted by molar-refractivity contribution is 6.49. The fourth-order valence-electron chi connectivity index (χ4n) is 2.07. The van der Waals surface area contributed by atoms with Crippen molar-refractivity contribution in [1.82, 2.24) is 0 Å². The molecule has 3 rings (SSSR count). The maximum absolute atomic E-state index is 12.1. The predicted octanol–water partition coefficient (Wildman–Crippen LogP) is 3.00. The predicted molar refractivity (Wildman–Crippen MR) is 81.2 cm³/mol. The summed E-state index contributed by atoms with van der Waals surface area (Å²) in [5.74, 6) is -3.22. The zero-order chi connectivity index (χ0) is 17.1. The minimum Gasteiger partial charge on any atom is -0.461 e. The van der Waals surface area contributed by atoms with Gasteiger partial charge in [0, 0.05) is 11.1 Å². The fraction of sp³-hybridized carbons (Fsp3) is 0. The molecule has 0 unspecified atom stereocenters. The normalized spacial score (nSPS) is 10.3. The van der Waals surface area contributed by atoms with Gasteiger partial charge in [-0.1, -0.05) is 24.3 Å². The highest BCUT2D eigenvalue weighted by atomic mass is 16.3. The Morgan fingerprint density at radius 1 is 0.542 bits per heavy atom. The zero-order valence-corrected chi connectivity index (χ0v) is 12.2. The highest BCUT2D eigenvalue weighted by Gasteiger charge is 2.23. The van der Waals surface area contributed by atoms with Crippen molar-refractivity contribution in [1.29, 1.82) is 0 Å². The van der Waals surface area contributed by atoms with Crippen molar-refractivity contribution in [2.75, 3.05) is 0 Å². The Morgan fingerprint density at radius 2 is 0.917 bits per heavy atom. The van der Waals surface area contributed by atoms with E-state index in [0.717, 1.165) is 0 Å². The summed E-state index contributed by atoms with van der Waals surface area (Å²) in [6.07, 6.45) is 2.59. The molecule has 0 bridgehead atoms. The van der Waals surface area contributed by atoms with Gasteiger partial charge in [0.1, 0.15) is 0 Å². The number of carbonyl (C=O) groups excluding carboxylic acids is 4. The van der Waals surface area contributed by atoms with Crippen LogP contribution in [-0.4, -0.2) is 23.1 Å². The van der Waals surface area contributed by atoms with Gasteiger partial charge in [0.2, 0.25) is 11.6 Å². The third-order valence-corrected chi connectivity index (χ3v) is 3.31. The second kappa shape index (κ2) is 6.29. The maximum Gasteiger partial charge on any atom is 0.268 e. The molecule has 0 fully saturated rings. The van der Waals surface area contributed by atoms with Crippen LogP contribution in [-0.2, 0) is 0 Å². The second-order valence-corrected chi connectivity index (χ2v) is 4.85. The van der Waals surface area contributed by atoms with Crippen molar-refractivity contribution < 1.29 is 28.0 Å². The molecule has 0 saturated carbocycles. The Kier molecular flexibility index (Phi) is 4.03. The average Bonchev–Trinajstić information content (AvgIpc) is 3.32. The third-order valence-electron chi connectivity index (χ3n) is 3.31. The maximum atomic E-state index is 12.1. The standard InChI is InChI=1S/C18H10O6/c19-15(17(21)13-3-1-9-23-13)11-5-7-12(8-6-11)16(20)18(22)14-4-2-10-24-14/h1-10H. The van der Waals surface area contributed by atoms with Gasteiger partial charge in [-0.3, -0.25) is 19.2 Å². The lowest BCUT2D eigenvalue weighted by Crippen LogP contribution is -2.16. The summed E-state index contributed by atoms with van der Waals surface area (Å²) in [4.78, 5) is 48.0. The van der Waals surface area contributed by atoms with E-state index >= 15 is 0 Å². The average molecular weight is 322 g/mol. The van der Waals surface area contributed by atoms with E-state index in [4.69, 9.17) is 8.83 Å². The summed E-state index contributed by atoms with van der Waals surface area (Å²) >= 11 is 0. The fourth-order valence-corrected chi connectivity index (χ4v) is 2.07. The van der Waals surface area contributed by atoms with E-state index in [2.05, 4.69) is 0 Å². The van der Waals surface area contributed by atoms with Crippen LogP contribution in [0.1, 0.15) is 41.8 Å². The first-order valence-corrected chi connectivity index (χ1v) is 6.93. The van der Waals surface area contributed by atoms with Gasteiger partial charge in [0.15, 0.2) is 11.5 Å². The van der Waals surface area contributed by atoms with Crippen molar-refractivity contribution >= 4 is 23.1 Å².